The van der Waals surface area contributed by atoms with Gasteiger partial charge in [0.05, 0.1) is 17.7 Å². The highest BCUT2D eigenvalue weighted by atomic mass is 16.3. The fraction of sp³-hybridized carbons (Fsp3) is 0.545. The first-order chi connectivity index (χ1) is 8.16. The third-order valence-electron chi connectivity index (χ3n) is 2.98. The monoisotopic (exact) mass is 236 g/mol. The van der Waals surface area contributed by atoms with Gasteiger partial charge in [0, 0.05) is 12.4 Å². The molecule has 17 heavy (non-hydrogen) atoms. The van der Waals surface area contributed by atoms with E-state index in [4.69, 9.17) is 5.73 Å². The first kappa shape index (κ1) is 11.8. The Morgan fingerprint density at radius 3 is 2.59 bits per heavy atom. The molecule has 0 aliphatic heterocycles. The summed E-state index contributed by atoms with van der Waals surface area (Å²) < 4.78 is 0. The van der Waals surface area contributed by atoms with Crippen molar-refractivity contribution in [1.82, 2.24) is 9.97 Å². The van der Waals surface area contributed by atoms with E-state index >= 15 is 0 Å². The summed E-state index contributed by atoms with van der Waals surface area (Å²) >= 11 is 0. The lowest BCUT2D eigenvalue weighted by atomic mass is 9.93. The molecule has 1 fully saturated rings. The molecule has 1 aromatic heterocycles. The van der Waals surface area contributed by atoms with Crippen molar-refractivity contribution >= 4 is 11.9 Å². The second-order valence-corrected chi connectivity index (χ2v) is 4.26. The lowest BCUT2D eigenvalue weighted by Gasteiger charge is -2.28. The quantitative estimate of drug-likeness (QED) is 0.700. The van der Waals surface area contributed by atoms with Crippen LogP contribution >= 0.6 is 0 Å². The third kappa shape index (κ3) is 2.91. The zero-order valence-electron chi connectivity index (χ0n) is 9.47. The standard InChI is InChI=1S/C11H16N4O2/c12-10(17)7-5-13-11(14-6-7)15-8-3-1-2-4-9(8)16/h5-6,8-9,16H,1-4H2,(H2,12,17)(H,13,14,15)/t8-,9-/m0/s1. The first-order valence-corrected chi connectivity index (χ1v) is 5.73. The molecule has 0 spiro atoms. The normalized spacial score (nSPS) is 24.3. The Morgan fingerprint density at radius 1 is 1.35 bits per heavy atom. The minimum atomic E-state index is -0.547. The minimum absolute atomic E-state index is 0.0109. The molecule has 1 amide bonds. The molecule has 92 valence electrons. The number of hydrogen-bond acceptors (Lipinski definition) is 5. The van der Waals surface area contributed by atoms with Crippen molar-refractivity contribution in [1.29, 1.82) is 0 Å². The molecule has 0 aromatic carbocycles. The number of amides is 1. The Hall–Kier alpha value is -1.69. The molecule has 0 radical (unpaired) electrons. The van der Waals surface area contributed by atoms with Crippen molar-refractivity contribution in [2.45, 2.75) is 37.8 Å². The van der Waals surface area contributed by atoms with Gasteiger partial charge in [0.2, 0.25) is 5.95 Å². The van der Waals surface area contributed by atoms with Crippen molar-refractivity contribution in [2.24, 2.45) is 5.73 Å². The molecule has 0 bridgehead atoms. The molecule has 1 saturated carbocycles. The summed E-state index contributed by atoms with van der Waals surface area (Å²) in [7, 11) is 0. The number of aromatic nitrogens is 2. The largest absolute Gasteiger partial charge is 0.391 e. The molecule has 2 rings (SSSR count). The number of nitrogens with one attached hydrogen (secondary N) is 1. The van der Waals surface area contributed by atoms with E-state index in [1.165, 1.54) is 12.4 Å². The van der Waals surface area contributed by atoms with Gasteiger partial charge < -0.3 is 16.2 Å². The molecule has 6 nitrogen and oxygen atoms in total. The van der Waals surface area contributed by atoms with Gasteiger partial charge in [-0.25, -0.2) is 9.97 Å². The van der Waals surface area contributed by atoms with Crippen LogP contribution in [0.5, 0.6) is 0 Å². The molecule has 1 aliphatic rings. The number of primary amides is 1. The van der Waals surface area contributed by atoms with Gasteiger partial charge in [0.15, 0.2) is 0 Å². The van der Waals surface area contributed by atoms with Crippen molar-refractivity contribution in [2.75, 3.05) is 5.32 Å². The summed E-state index contributed by atoms with van der Waals surface area (Å²) in [5, 5.41) is 12.9. The van der Waals surface area contributed by atoms with E-state index in [-0.39, 0.29) is 17.7 Å². The second-order valence-electron chi connectivity index (χ2n) is 4.26. The van der Waals surface area contributed by atoms with Crippen molar-refractivity contribution in [3.63, 3.8) is 0 Å². The number of aliphatic hydroxyl groups is 1. The Bertz CT molecular complexity index is 393. The fourth-order valence-corrected chi connectivity index (χ4v) is 1.98. The molecule has 6 heteroatoms. The number of nitrogens with zero attached hydrogens (tertiary/aromatic N) is 2. The molecule has 1 heterocycles. The average Bonchev–Trinajstić information content (AvgIpc) is 2.33. The SMILES string of the molecule is NC(=O)c1cnc(N[C@H]2CCCC[C@@H]2O)nc1. The van der Waals surface area contributed by atoms with Gasteiger partial charge in [-0.2, -0.15) is 0 Å². The molecular formula is C11H16N4O2. The average molecular weight is 236 g/mol. The molecule has 4 N–H and O–H groups in total. The minimum Gasteiger partial charge on any atom is -0.391 e. The highest BCUT2D eigenvalue weighted by Crippen LogP contribution is 2.20. The van der Waals surface area contributed by atoms with Crippen LogP contribution < -0.4 is 11.1 Å². The van der Waals surface area contributed by atoms with E-state index in [1.807, 2.05) is 0 Å². The van der Waals surface area contributed by atoms with Crippen LogP contribution in [0.25, 0.3) is 0 Å². The summed E-state index contributed by atoms with van der Waals surface area (Å²) in [5.74, 6) is -0.129. The second kappa shape index (κ2) is 5.09. The number of carbonyl (C=O) groups is 1. The van der Waals surface area contributed by atoms with Gasteiger partial charge in [-0.15, -0.1) is 0 Å². The zero-order valence-corrected chi connectivity index (χ0v) is 9.47. The van der Waals surface area contributed by atoms with Crippen LogP contribution in [0.1, 0.15) is 36.0 Å². The predicted octanol–water partition coefficient (Wildman–Crippen LogP) is 0.291. The Kier molecular flexibility index (Phi) is 3.53. The summed E-state index contributed by atoms with van der Waals surface area (Å²) in [4.78, 5) is 18.8. The fourth-order valence-electron chi connectivity index (χ4n) is 1.98. The van der Waals surface area contributed by atoms with Crippen LogP contribution in [0.4, 0.5) is 5.95 Å². The summed E-state index contributed by atoms with van der Waals surface area (Å²) in [6.07, 6.45) is 6.26. The van der Waals surface area contributed by atoms with Crippen LogP contribution in [0.3, 0.4) is 0 Å². The van der Waals surface area contributed by atoms with Gasteiger partial charge in [-0.1, -0.05) is 12.8 Å². The topological polar surface area (TPSA) is 101 Å². The number of rotatable bonds is 3. The van der Waals surface area contributed by atoms with E-state index in [0.717, 1.165) is 25.7 Å². The molecule has 1 aliphatic carbocycles. The maximum atomic E-state index is 10.8. The van der Waals surface area contributed by atoms with Gasteiger partial charge in [-0.05, 0) is 12.8 Å². The van der Waals surface area contributed by atoms with Crippen LogP contribution in [0.2, 0.25) is 0 Å². The number of nitrogens with two attached hydrogens (primary N) is 1. The third-order valence-corrected chi connectivity index (χ3v) is 2.98. The molecular weight excluding hydrogens is 220 g/mol. The highest BCUT2D eigenvalue weighted by molar-refractivity contribution is 5.92. The summed E-state index contributed by atoms with van der Waals surface area (Å²) in [6.45, 7) is 0. The smallest absolute Gasteiger partial charge is 0.251 e. The number of carbonyl (C=O) groups excluding carboxylic acids is 1. The number of aliphatic hydroxyl groups excluding tert-OH is 1. The van der Waals surface area contributed by atoms with E-state index in [1.54, 1.807) is 0 Å². The van der Waals surface area contributed by atoms with Gasteiger partial charge in [0.25, 0.3) is 5.91 Å². The molecule has 2 atom stereocenters. The lowest BCUT2D eigenvalue weighted by Crippen LogP contribution is -2.36. The Morgan fingerprint density at radius 2 is 2.00 bits per heavy atom. The maximum absolute atomic E-state index is 10.8. The van der Waals surface area contributed by atoms with E-state index in [0.29, 0.717) is 5.95 Å². The van der Waals surface area contributed by atoms with Crippen LogP contribution in [-0.2, 0) is 0 Å². The van der Waals surface area contributed by atoms with Crippen LogP contribution in [0, 0.1) is 0 Å². The molecule has 1 aromatic rings. The van der Waals surface area contributed by atoms with Crippen molar-refractivity contribution < 1.29 is 9.90 Å². The predicted molar refractivity (Wildman–Crippen MR) is 62.4 cm³/mol. The zero-order chi connectivity index (χ0) is 12.3. The van der Waals surface area contributed by atoms with Gasteiger partial charge >= 0.3 is 0 Å². The van der Waals surface area contributed by atoms with Gasteiger partial charge in [-0.3, -0.25) is 4.79 Å². The molecule has 0 unspecified atom stereocenters. The van der Waals surface area contributed by atoms with Crippen LogP contribution in [-0.4, -0.2) is 33.1 Å². The maximum Gasteiger partial charge on any atom is 0.251 e. The van der Waals surface area contributed by atoms with E-state index in [9.17, 15) is 9.90 Å². The highest BCUT2D eigenvalue weighted by Gasteiger charge is 2.23. The summed E-state index contributed by atoms with van der Waals surface area (Å²) in [6, 6.07) is -0.0109. The Labute approximate surface area is 99.3 Å². The summed E-state index contributed by atoms with van der Waals surface area (Å²) in [5.41, 5.74) is 5.37. The van der Waals surface area contributed by atoms with Gasteiger partial charge in [0.1, 0.15) is 0 Å². The number of hydrogen-bond donors (Lipinski definition) is 3. The van der Waals surface area contributed by atoms with E-state index in [2.05, 4.69) is 15.3 Å². The Balaban J connectivity index is 2.00. The van der Waals surface area contributed by atoms with Crippen molar-refractivity contribution in [3.05, 3.63) is 18.0 Å². The lowest BCUT2D eigenvalue weighted by molar-refractivity contribution is 0.0999. The van der Waals surface area contributed by atoms with E-state index < -0.39 is 5.91 Å². The van der Waals surface area contributed by atoms with Crippen LogP contribution in [0.15, 0.2) is 12.4 Å². The van der Waals surface area contributed by atoms with Crippen molar-refractivity contribution in [3.8, 4) is 0 Å². The molecule has 0 saturated heterocycles. The first-order valence-electron chi connectivity index (χ1n) is 5.73. The number of anilines is 1.